The summed E-state index contributed by atoms with van der Waals surface area (Å²) in [5.74, 6) is 0.837. The quantitative estimate of drug-likeness (QED) is 0.560. The number of hydrogen-bond donors (Lipinski definition) is 2. The predicted octanol–water partition coefficient (Wildman–Crippen LogP) is 4.30. The van der Waals surface area contributed by atoms with E-state index in [9.17, 15) is 4.79 Å². The lowest BCUT2D eigenvalue weighted by atomic mass is 10.1. The summed E-state index contributed by atoms with van der Waals surface area (Å²) in [4.78, 5) is 24.2. The van der Waals surface area contributed by atoms with Gasteiger partial charge in [-0.3, -0.25) is 9.78 Å². The van der Waals surface area contributed by atoms with Gasteiger partial charge in [0, 0.05) is 30.1 Å². The van der Waals surface area contributed by atoms with Crippen LogP contribution in [0.1, 0.15) is 27.3 Å². The zero-order chi connectivity index (χ0) is 18.6. The Kier molecular flexibility index (Phi) is 4.66. The third-order valence-electron chi connectivity index (χ3n) is 4.46. The first-order valence-electron chi connectivity index (χ1n) is 8.93. The van der Waals surface area contributed by atoms with Crippen molar-refractivity contribution in [3.8, 4) is 0 Å². The lowest BCUT2D eigenvalue weighted by Crippen LogP contribution is -2.12. The molecule has 27 heavy (non-hydrogen) atoms. The monoisotopic (exact) mass is 356 g/mol. The summed E-state index contributed by atoms with van der Waals surface area (Å²) >= 11 is 0. The van der Waals surface area contributed by atoms with Crippen LogP contribution in [-0.2, 0) is 12.8 Å². The normalized spacial score (nSPS) is 10.9. The highest BCUT2D eigenvalue weighted by molar-refractivity contribution is 6.04. The van der Waals surface area contributed by atoms with Crippen LogP contribution in [0.2, 0.25) is 0 Å². The molecule has 0 saturated heterocycles. The second-order valence-corrected chi connectivity index (χ2v) is 6.59. The summed E-state index contributed by atoms with van der Waals surface area (Å²) in [5, 5.41) is 2.93. The van der Waals surface area contributed by atoms with Gasteiger partial charge in [-0.25, -0.2) is 4.98 Å². The first-order chi connectivity index (χ1) is 13.2. The summed E-state index contributed by atoms with van der Waals surface area (Å²) in [6, 6.07) is 17.5. The van der Waals surface area contributed by atoms with Crippen molar-refractivity contribution >= 4 is 22.6 Å². The number of carbonyl (C=O) groups excluding carboxylic acids is 1. The fourth-order valence-corrected chi connectivity index (χ4v) is 3.07. The van der Waals surface area contributed by atoms with Crippen molar-refractivity contribution in [3.63, 3.8) is 0 Å². The number of fused-ring (bicyclic) bond motifs is 1. The number of rotatable bonds is 5. The van der Waals surface area contributed by atoms with Crippen LogP contribution in [0.5, 0.6) is 0 Å². The average Bonchev–Trinajstić information content (AvgIpc) is 3.09. The standard InChI is InChI=1S/C22H20N4O/c1-15-5-7-19-20(13-15)26-21(25-19)8-6-16-3-2-4-18(14-16)24-22(27)17-9-11-23-12-10-17/h2-5,7,9-14H,6,8H2,1H3,(H,24,27)(H,25,26). The Bertz CT molecular complexity index is 1090. The van der Waals surface area contributed by atoms with Crippen molar-refractivity contribution < 1.29 is 4.79 Å². The number of aromatic amines is 1. The van der Waals surface area contributed by atoms with E-state index >= 15 is 0 Å². The molecular weight excluding hydrogens is 336 g/mol. The SMILES string of the molecule is Cc1ccc2nc(CCc3cccc(NC(=O)c4ccncc4)c3)[nH]c2c1. The Labute approximate surface area is 157 Å². The van der Waals surface area contributed by atoms with Gasteiger partial charge < -0.3 is 10.3 Å². The fourth-order valence-electron chi connectivity index (χ4n) is 3.07. The molecule has 134 valence electrons. The van der Waals surface area contributed by atoms with Crippen LogP contribution in [-0.4, -0.2) is 20.9 Å². The molecule has 0 aliphatic heterocycles. The second kappa shape index (κ2) is 7.41. The molecule has 1 amide bonds. The molecule has 0 spiro atoms. The third kappa shape index (κ3) is 4.03. The van der Waals surface area contributed by atoms with E-state index in [0.717, 1.165) is 41.0 Å². The molecular formula is C22H20N4O. The van der Waals surface area contributed by atoms with E-state index in [4.69, 9.17) is 0 Å². The number of hydrogen-bond acceptors (Lipinski definition) is 3. The molecule has 0 saturated carbocycles. The van der Waals surface area contributed by atoms with E-state index in [2.05, 4.69) is 45.4 Å². The number of aryl methyl sites for hydroxylation is 3. The van der Waals surface area contributed by atoms with Gasteiger partial charge in [-0.15, -0.1) is 0 Å². The third-order valence-corrected chi connectivity index (χ3v) is 4.46. The molecule has 2 aromatic carbocycles. The molecule has 4 aromatic rings. The van der Waals surface area contributed by atoms with E-state index in [1.165, 1.54) is 5.56 Å². The van der Waals surface area contributed by atoms with Crippen molar-refractivity contribution in [3.05, 3.63) is 89.5 Å². The number of amides is 1. The van der Waals surface area contributed by atoms with Gasteiger partial charge in [0.25, 0.3) is 5.91 Å². The van der Waals surface area contributed by atoms with E-state index < -0.39 is 0 Å². The number of benzene rings is 2. The van der Waals surface area contributed by atoms with Gasteiger partial charge in [0.1, 0.15) is 5.82 Å². The van der Waals surface area contributed by atoms with Crippen LogP contribution in [0, 0.1) is 6.92 Å². The van der Waals surface area contributed by atoms with Crippen molar-refractivity contribution in [1.82, 2.24) is 15.0 Å². The van der Waals surface area contributed by atoms with Crippen LogP contribution >= 0.6 is 0 Å². The number of imidazole rings is 1. The number of H-pyrrole nitrogens is 1. The maximum absolute atomic E-state index is 12.3. The highest BCUT2D eigenvalue weighted by Crippen LogP contribution is 2.17. The number of nitrogens with zero attached hydrogens (tertiary/aromatic N) is 2. The molecule has 5 heteroatoms. The molecule has 0 fully saturated rings. The summed E-state index contributed by atoms with van der Waals surface area (Å²) in [6.45, 7) is 2.08. The summed E-state index contributed by atoms with van der Waals surface area (Å²) in [7, 11) is 0. The molecule has 4 rings (SSSR count). The lowest BCUT2D eigenvalue weighted by molar-refractivity contribution is 0.102. The summed E-state index contributed by atoms with van der Waals surface area (Å²) in [6.07, 6.45) is 4.88. The predicted molar refractivity (Wildman–Crippen MR) is 107 cm³/mol. The number of nitrogens with one attached hydrogen (secondary N) is 2. The van der Waals surface area contributed by atoms with Gasteiger partial charge in [0.2, 0.25) is 0 Å². The van der Waals surface area contributed by atoms with Crippen molar-refractivity contribution in [2.45, 2.75) is 19.8 Å². The number of aromatic nitrogens is 3. The van der Waals surface area contributed by atoms with Gasteiger partial charge in [-0.2, -0.15) is 0 Å². The van der Waals surface area contributed by atoms with Gasteiger partial charge in [-0.1, -0.05) is 18.2 Å². The topological polar surface area (TPSA) is 70.7 Å². The van der Waals surface area contributed by atoms with E-state index in [1.807, 2.05) is 24.3 Å². The highest BCUT2D eigenvalue weighted by atomic mass is 16.1. The molecule has 0 aliphatic carbocycles. The first-order valence-corrected chi connectivity index (χ1v) is 8.93. The van der Waals surface area contributed by atoms with E-state index in [1.54, 1.807) is 24.5 Å². The van der Waals surface area contributed by atoms with Gasteiger partial charge in [0.05, 0.1) is 11.0 Å². The van der Waals surface area contributed by atoms with Gasteiger partial charge >= 0.3 is 0 Å². The van der Waals surface area contributed by atoms with Crippen LogP contribution in [0.25, 0.3) is 11.0 Å². The molecule has 0 unspecified atom stereocenters. The minimum atomic E-state index is -0.137. The highest BCUT2D eigenvalue weighted by Gasteiger charge is 2.07. The van der Waals surface area contributed by atoms with Crippen LogP contribution in [0.3, 0.4) is 0 Å². The minimum absolute atomic E-state index is 0.137. The Morgan fingerprint density at radius 2 is 1.89 bits per heavy atom. The van der Waals surface area contributed by atoms with Crippen molar-refractivity contribution in [1.29, 1.82) is 0 Å². The number of carbonyl (C=O) groups is 1. The molecule has 5 nitrogen and oxygen atoms in total. The van der Waals surface area contributed by atoms with E-state index in [-0.39, 0.29) is 5.91 Å². The molecule has 2 aromatic heterocycles. The van der Waals surface area contributed by atoms with Gasteiger partial charge in [0.15, 0.2) is 0 Å². The average molecular weight is 356 g/mol. The molecule has 0 aliphatic rings. The smallest absolute Gasteiger partial charge is 0.255 e. The zero-order valence-electron chi connectivity index (χ0n) is 15.1. The maximum atomic E-state index is 12.3. The largest absolute Gasteiger partial charge is 0.342 e. The summed E-state index contributed by atoms with van der Waals surface area (Å²) in [5.41, 5.74) is 5.81. The minimum Gasteiger partial charge on any atom is -0.342 e. The van der Waals surface area contributed by atoms with Crippen LogP contribution in [0.4, 0.5) is 5.69 Å². The molecule has 2 heterocycles. The molecule has 0 bridgehead atoms. The lowest BCUT2D eigenvalue weighted by Gasteiger charge is -2.07. The summed E-state index contributed by atoms with van der Waals surface area (Å²) < 4.78 is 0. The van der Waals surface area contributed by atoms with Crippen molar-refractivity contribution in [2.24, 2.45) is 0 Å². The number of anilines is 1. The van der Waals surface area contributed by atoms with Crippen LogP contribution < -0.4 is 5.32 Å². The molecule has 0 radical (unpaired) electrons. The molecule has 0 atom stereocenters. The Hall–Kier alpha value is -3.47. The Morgan fingerprint density at radius 1 is 1.04 bits per heavy atom. The molecule has 2 N–H and O–H groups in total. The van der Waals surface area contributed by atoms with E-state index in [0.29, 0.717) is 5.56 Å². The second-order valence-electron chi connectivity index (χ2n) is 6.59. The van der Waals surface area contributed by atoms with Crippen LogP contribution in [0.15, 0.2) is 67.0 Å². The fraction of sp³-hybridized carbons (Fsp3) is 0.136. The Balaban J connectivity index is 1.43. The Morgan fingerprint density at radius 3 is 2.74 bits per heavy atom. The first kappa shape index (κ1) is 17.0. The zero-order valence-corrected chi connectivity index (χ0v) is 15.1. The van der Waals surface area contributed by atoms with Gasteiger partial charge in [-0.05, 0) is 60.9 Å². The maximum Gasteiger partial charge on any atom is 0.255 e. The number of pyridine rings is 1. The van der Waals surface area contributed by atoms with Crippen molar-refractivity contribution in [2.75, 3.05) is 5.32 Å².